The smallest absolute Gasteiger partial charge is 0.149 e. The van der Waals surface area contributed by atoms with Crippen LogP contribution in [0.15, 0.2) is 140 Å². The molecule has 8 rings (SSSR count). The van der Waals surface area contributed by atoms with Gasteiger partial charge in [-0.05, 0) is 121 Å². The molecule has 8 aromatic rings. The molecule has 0 fully saturated rings. The van der Waals surface area contributed by atoms with E-state index in [0.717, 1.165) is 72.5 Å². The van der Waals surface area contributed by atoms with Crippen molar-refractivity contribution in [1.29, 1.82) is 0 Å². The summed E-state index contributed by atoms with van der Waals surface area (Å²) in [4.78, 5) is 10.6. The molecule has 2 heterocycles. The number of hydrogen-bond donors (Lipinski definition) is 1. The number of fused-ring (bicyclic) bond motifs is 1. The minimum absolute atomic E-state index is 0.0745. The average Bonchev–Trinajstić information content (AvgIpc) is 3.62. The van der Waals surface area contributed by atoms with Crippen molar-refractivity contribution in [3.8, 4) is 67.5 Å². The van der Waals surface area contributed by atoms with E-state index in [1.165, 1.54) is 11.1 Å². The highest BCUT2D eigenvalue weighted by atomic mass is 35.5. The lowest BCUT2D eigenvalue weighted by Crippen LogP contribution is -2.17. The number of aromatic nitrogens is 3. The molecule has 6 aromatic carbocycles. The van der Waals surface area contributed by atoms with Crippen LogP contribution in [0, 0.1) is 0 Å². The lowest BCUT2D eigenvalue weighted by atomic mass is 9.79. The minimum atomic E-state index is -0.325. The zero-order chi connectivity index (χ0) is 45.2. The highest BCUT2D eigenvalue weighted by Crippen LogP contribution is 2.46. The Hall–Kier alpha value is -5.97. The molecule has 0 unspecified atom stereocenters. The number of benzene rings is 6. The van der Waals surface area contributed by atoms with Crippen LogP contribution in [0.25, 0.3) is 72.7 Å². The fraction of sp³-hybridized carbons (Fsp3) is 0.276. The van der Waals surface area contributed by atoms with Gasteiger partial charge in [0.05, 0.1) is 28.0 Å². The van der Waals surface area contributed by atoms with Crippen LogP contribution < -0.4 is 0 Å². The molecule has 1 N–H and O–H groups in total. The molecule has 0 saturated heterocycles. The van der Waals surface area contributed by atoms with E-state index in [2.05, 4.69) is 191 Å². The predicted molar refractivity (Wildman–Crippen MR) is 268 cm³/mol. The van der Waals surface area contributed by atoms with E-state index < -0.39 is 0 Å². The second-order valence-electron chi connectivity index (χ2n) is 21.2. The van der Waals surface area contributed by atoms with Gasteiger partial charge in [0.2, 0.25) is 0 Å². The number of hydrogen-bond acceptors (Lipinski definition) is 3. The molecular weight excluding hydrogens is 790 g/mol. The van der Waals surface area contributed by atoms with Gasteiger partial charge in [-0.25, -0.2) is 4.98 Å². The number of imidazole rings is 1. The topological polar surface area (TPSA) is 50.9 Å². The van der Waals surface area contributed by atoms with Crippen LogP contribution >= 0.6 is 11.6 Å². The van der Waals surface area contributed by atoms with Crippen LogP contribution in [-0.2, 0) is 21.7 Å². The second-order valence-corrected chi connectivity index (χ2v) is 21.6. The van der Waals surface area contributed by atoms with Gasteiger partial charge < -0.3 is 5.11 Å². The van der Waals surface area contributed by atoms with Crippen molar-refractivity contribution in [2.45, 2.75) is 105 Å². The van der Waals surface area contributed by atoms with Gasteiger partial charge in [-0.2, -0.15) is 0 Å². The Morgan fingerprint density at radius 2 is 1.11 bits per heavy atom. The van der Waals surface area contributed by atoms with Crippen LogP contribution in [0.2, 0.25) is 5.02 Å². The van der Waals surface area contributed by atoms with Gasteiger partial charge in [-0.1, -0.05) is 167 Å². The molecule has 0 saturated carbocycles. The zero-order valence-corrected chi connectivity index (χ0v) is 39.7. The van der Waals surface area contributed by atoms with Gasteiger partial charge in [-0.15, -0.1) is 0 Å². The van der Waals surface area contributed by atoms with Crippen molar-refractivity contribution in [3.63, 3.8) is 0 Å². The van der Waals surface area contributed by atoms with Crippen molar-refractivity contribution >= 4 is 22.6 Å². The van der Waals surface area contributed by atoms with Gasteiger partial charge in [0, 0.05) is 33.5 Å². The molecular formula is C58H60ClN3O. The quantitative estimate of drug-likeness (QED) is 0.181. The van der Waals surface area contributed by atoms with Crippen molar-refractivity contribution in [2.75, 3.05) is 0 Å². The van der Waals surface area contributed by atoms with Crippen LogP contribution in [0.5, 0.6) is 5.75 Å². The monoisotopic (exact) mass is 849 g/mol. The summed E-state index contributed by atoms with van der Waals surface area (Å²) in [6, 6.07) is 47.3. The van der Waals surface area contributed by atoms with E-state index in [-0.39, 0.29) is 27.4 Å². The summed E-state index contributed by atoms with van der Waals surface area (Å²) in [5, 5.41) is 13.2. The number of pyridine rings is 1. The molecule has 0 aliphatic rings. The Labute approximate surface area is 379 Å². The number of nitrogens with zero attached hydrogens (tertiary/aromatic N) is 3. The van der Waals surface area contributed by atoms with Crippen molar-refractivity contribution < 1.29 is 5.11 Å². The van der Waals surface area contributed by atoms with Gasteiger partial charge in [0.1, 0.15) is 11.6 Å². The van der Waals surface area contributed by atoms with E-state index in [1.807, 2.05) is 36.5 Å². The lowest BCUT2D eigenvalue weighted by Gasteiger charge is -2.28. The number of aromatic hydroxyl groups is 1. The first-order valence-electron chi connectivity index (χ1n) is 22.1. The van der Waals surface area contributed by atoms with Crippen molar-refractivity contribution in [2.24, 2.45) is 0 Å². The van der Waals surface area contributed by atoms with Crippen molar-refractivity contribution in [3.05, 3.63) is 167 Å². The van der Waals surface area contributed by atoms with Crippen LogP contribution in [0.1, 0.15) is 105 Å². The molecule has 0 aliphatic heterocycles. The van der Waals surface area contributed by atoms with Crippen LogP contribution in [-0.4, -0.2) is 19.6 Å². The standard InChI is InChI=1S/C58H60ClN3O/c1-55(2,3)41-23-26-50(46(33-41)37-17-14-13-15-18-37)62-51-20-16-19-45(52(51)61-54(62)47-34-43(57(7,8)9)35-48(53(47)63)58(10,11)12)39-29-40(31-42(30-39)56(4,5)6)49-32-38(27-28-60-49)36-21-24-44(59)25-22-36/h13-35,63H,1-12H3. The summed E-state index contributed by atoms with van der Waals surface area (Å²) in [7, 11) is 0. The maximum Gasteiger partial charge on any atom is 0.149 e. The zero-order valence-electron chi connectivity index (χ0n) is 38.9. The van der Waals surface area contributed by atoms with E-state index >= 15 is 0 Å². The molecule has 2 aromatic heterocycles. The average molecular weight is 851 g/mol. The van der Waals surface area contributed by atoms with Crippen LogP contribution in [0.3, 0.4) is 0 Å². The summed E-state index contributed by atoms with van der Waals surface area (Å²) in [5.74, 6) is 0.946. The maximum absolute atomic E-state index is 12.5. The highest BCUT2D eigenvalue weighted by molar-refractivity contribution is 6.30. The summed E-state index contributed by atoms with van der Waals surface area (Å²) in [5.41, 5.74) is 15.6. The molecule has 0 amide bonds. The third kappa shape index (κ3) is 8.71. The largest absolute Gasteiger partial charge is 0.507 e. The molecule has 0 radical (unpaired) electrons. The lowest BCUT2D eigenvalue weighted by molar-refractivity contribution is 0.446. The molecule has 0 aliphatic carbocycles. The van der Waals surface area contributed by atoms with Crippen LogP contribution in [0.4, 0.5) is 0 Å². The van der Waals surface area contributed by atoms with Crippen molar-refractivity contribution in [1.82, 2.24) is 14.5 Å². The van der Waals surface area contributed by atoms with E-state index in [9.17, 15) is 5.11 Å². The van der Waals surface area contributed by atoms with E-state index in [4.69, 9.17) is 21.6 Å². The van der Waals surface area contributed by atoms with E-state index in [1.54, 1.807) is 0 Å². The molecule has 4 nitrogen and oxygen atoms in total. The maximum atomic E-state index is 12.5. The Kier molecular flexibility index (Phi) is 11.1. The SMILES string of the molecule is CC(C)(C)c1cc(-c2cc(-c3ccc(Cl)cc3)ccn2)cc(-c2cccc3c2nc(-c2cc(C(C)(C)C)cc(C(C)(C)C)c2O)n3-c2ccc(C(C)(C)C)cc2-c2ccccc2)c1. The normalized spacial score (nSPS) is 12.6. The summed E-state index contributed by atoms with van der Waals surface area (Å²) >= 11 is 6.27. The van der Waals surface area contributed by atoms with Gasteiger partial charge in [-0.3, -0.25) is 9.55 Å². The fourth-order valence-electron chi connectivity index (χ4n) is 8.39. The third-order valence-electron chi connectivity index (χ3n) is 12.2. The molecule has 0 spiro atoms. The Balaban J connectivity index is 1.46. The number of phenols is 1. The fourth-order valence-corrected chi connectivity index (χ4v) is 8.51. The summed E-state index contributed by atoms with van der Waals surface area (Å²) < 4.78 is 2.28. The van der Waals surface area contributed by atoms with Gasteiger partial charge in [0.25, 0.3) is 0 Å². The molecule has 63 heavy (non-hydrogen) atoms. The van der Waals surface area contributed by atoms with Gasteiger partial charge in [0.15, 0.2) is 0 Å². The Morgan fingerprint density at radius 3 is 1.76 bits per heavy atom. The second kappa shape index (κ2) is 16.0. The first kappa shape index (κ1) is 43.7. The highest BCUT2D eigenvalue weighted by Gasteiger charge is 2.30. The summed E-state index contributed by atoms with van der Waals surface area (Å²) in [6.45, 7) is 26.7. The third-order valence-corrected chi connectivity index (χ3v) is 12.5. The molecule has 0 atom stereocenters. The summed E-state index contributed by atoms with van der Waals surface area (Å²) in [6.07, 6.45) is 1.89. The number of phenolic OH excluding ortho intramolecular Hbond substituents is 1. The molecule has 320 valence electrons. The Bertz CT molecular complexity index is 2980. The molecule has 0 bridgehead atoms. The van der Waals surface area contributed by atoms with Gasteiger partial charge >= 0.3 is 0 Å². The molecule has 5 heteroatoms. The number of rotatable bonds is 6. The minimum Gasteiger partial charge on any atom is -0.507 e. The Morgan fingerprint density at radius 1 is 0.476 bits per heavy atom. The first-order chi connectivity index (χ1) is 29.6. The number of halogens is 1. The first-order valence-corrected chi connectivity index (χ1v) is 22.4. The number of para-hydroxylation sites is 1. The predicted octanol–water partition coefficient (Wildman–Crippen LogP) is 16.3. The van der Waals surface area contributed by atoms with E-state index in [0.29, 0.717) is 16.4 Å².